The molecule has 0 amide bonds. The fourth-order valence-electron chi connectivity index (χ4n) is 0.629. The SMILES string of the molecule is CC(C)(C)C(=O)OCC[N+](C)(C)C.I. The molecule has 0 aromatic heterocycles. The highest BCUT2D eigenvalue weighted by molar-refractivity contribution is 14.0. The first-order valence-electron chi connectivity index (χ1n) is 4.60. The number of carbonyl (C=O) groups is 1. The standard InChI is InChI=1S/C10H22NO2.HI/c1-10(2,3)9(12)13-8-7-11(4,5)6;/h7-8H2,1-6H3;1H/q+1;. The topological polar surface area (TPSA) is 26.3 Å². The van der Waals surface area contributed by atoms with E-state index in [-0.39, 0.29) is 35.4 Å². The van der Waals surface area contributed by atoms with Crippen molar-refractivity contribution in [3.63, 3.8) is 0 Å². The van der Waals surface area contributed by atoms with Crippen LogP contribution in [0.5, 0.6) is 0 Å². The van der Waals surface area contributed by atoms with E-state index in [1.807, 2.05) is 20.8 Å². The molecule has 86 valence electrons. The van der Waals surface area contributed by atoms with Crippen LogP contribution in [0, 0.1) is 5.41 Å². The molecule has 14 heavy (non-hydrogen) atoms. The Morgan fingerprint density at radius 1 is 1.21 bits per heavy atom. The Morgan fingerprint density at radius 3 is 1.93 bits per heavy atom. The third kappa shape index (κ3) is 8.74. The third-order valence-corrected chi connectivity index (χ3v) is 1.61. The maximum atomic E-state index is 11.3. The normalized spacial score (nSPS) is 11.9. The highest BCUT2D eigenvalue weighted by Gasteiger charge is 2.23. The van der Waals surface area contributed by atoms with E-state index < -0.39 is 0 Å². The number of hydrogen-bond donors (Lipinski definition) is 0. The van der Waals surface area contributed by atoms with E-state index in [9.17, 15) is 4.79 Å². The lowest BCUT2D eigenvalue weighted by Gasteiger charge is -2.24. The van der Waals surface area contributed by atoms with Gasteiger partial charge in [-0.2, -0.15) is 0 Å². The highest BCUT2D eigenvalue weighted by atomic mass is 127. The van der Waals surface area contributed by atoms with Crippen molar-refractivity contribution in [3.8, 4) is 0 Å². The van der Waals surface area contributed by atoms with Gasteiger partial charge >= 0.3 is 5.97 Å². The number of carbonyl (C=O) groups excluding carboxylic acids is 1. The van der Waals surface area contributed by atoms with Crippen LogP contribution in [0.4, 0.5) is 0 Å². The predicted octanol–water partition coefficient (Wildman–Crippen LogP) is 1.90. The van der Waals surface area contributed by atoms with Gasteiger partial charge in [-0.1, -0.05) is 0 Å². The van der Waals surface area contributed by atoms with Gasteiger partial charge in [0.15, 0.2) is 0 Å². The molecular formula is C10H23INO2+. The smallest absolute Gasteiger partial charge is 0.311 e. The number of rotatable bonds is 3. The van der Waals surface area contributed by atoms with Crippen molar-refractivity contribution < 1.29 is 14.0 Å². The van der Waals surface area contributed by atoms with Gasteiger partial charge in [0.25, 0.3) is 0 Å². The van der Waals surface area contributed by atoms with E-state index in [1.54, 1.807) is 0 Å². The number of ether oxygens (including phenoxy) is 1. The number of likely N-dealkylation sites (N-methyl/N-ethyl adjacent to an activating group) is 1. The second-order valence-electron chi connectivity index (χ2n) is 5.40. The summed E-state index contributed by atoms with van der Waals surface area (Å²) >= 11 is 0. The lowest BCUT2D eigenvalue weighted by Crippen LogP contribution is -2.38. The minimum absolute atomic E-state index is 0. The van der Waals surface area contributed by atoms with Crippen LogP contribution in [-0.2, 0) is 9.53 Å². The summed E-state index contributed by atoms with van der Waals surface area (Å²) < 4.78 is 5.94. The predicted molar refractivity (Wildman–Crippen MR) is 68.7 cm³/mol. The van der Waals surface area contributed by atoms with E-state index in [0.29, 0.717) is 6.61 Å². The molecule has 0 spiro atoms. The molecule has 0 heterocycles. The van der Waals surface area contributed by atoms with Crippen LogP contribution in [0.2, 0.25) is 0 Å². The van der Waals surface area contributed by atoms with Crippen LogP contribution >= 0.6 is 24.0 Å². The van der Waals surface area contributed by atoms with Crippen LogP contribution in [0.1, 0.15) is 20.8 Å². The molecule has 0 atom stereocenters. The second kappa shape index (κ2) is 5.90. The summed E-state index contributed by atoms with van der Waals surface area (Å²) in [5.74, 6) is -0.124. The van der Waals surface area contributed by atoms with Crippen LogP contribution < -0.4 is 0 Å². The molecule has 0 aliphatic rings. The summed E-state index contributed by atoms with van der Waals surface area (Å²) in [6.45, 7) is 6.94. The molecule has 4 heteroatoms. The molecule has 0 aliphatic carbocycles. The largest absolute Gasteiger partial charge is 0.459 e. The fraction of sp³-hybridized carbons (Fsp3) is 0.900. The van der Waals surface area contributed by atoms with Gasteiger partial charge in [0, 0.05) is 0 Å². The average molecular weight is 316 g/mol. The third-order valence-electron chi connectivity index (χ3n) is 1.61. The molecule has 0 N–H and O–H groups in total. The number of quaternary nitrogens is 1. The van der Waals surface area contributed by atoms with Gasteiger partial charge in [-0.25, -0.2) is 0 Å². The van der Waals surface area contributed by atoms with Gasteiger partial charge in [-0.15, -0.1) is 24.0 Å². The molecule has 0 fully saturated rings. The quantitative estimate of drug-likeness (QED) is 0.452. The molecule has 0 aromatic rings. The van der Waals surface area contributed by atoms with Crippen LogP contribution in [0.25, 0.3) is 0 Å². The molecule has 0 saturated heterocycles. The monoisotopic (exact) mass is 316 g/mol. The Bertz CT molecular complexity index is 180. The zero-order valence-electron chi connectivity index (χ0n) is 10.1. The molecule has 0 aliphatic heterocycles. The average Bonchev–Trinajstić information content (AvgIpc) is 1.82. The number of esters is 1. The molecule has 0 rings (SSSR count). The van der Waals surface area contributed by atoms with E-state index in [2.05, 4.69) is 21.1 Å². The maximum absolute atomic E-state index is 11.3. The van der Waals surface area contributed by atoms with E-state index in [0.717, 1.165) is 11.0 Å². The van der Waals surface area contributed by atoms with Gasteiger partial charge in [0.05, 0.1) is 26.6 Å². The maximum Gasteiger partial charge on any atom is 0.311 e. The van der Waals surface area contributed by atoms with Crippen molar-refractivity contribution in [2.24, 2.45) is 5.41 Å². The Labute approximate surface area is 104 Å². The van der Waals surface area contributed by atoms with Crippen molar-refractivity contribution in [3.05, 3.63) is 0 Å². The minimum atomic E-state index is -0.384. The summed E-state index contributed by atoms with van der Waals surface area (Å²) in [5, 5.41) is 0. The lowest BCUT2D eigenvalue weighted by atomic mass is 9.97. The Hall–Kier alpha value is 0.160. The minimum Gasteiger partial charge on any atom is -0.459 e. The van der Waals surface area contributed by atoms with Crippen molar-refractivity contribution in [1.82, 2.24) is 0 Å². The highest BCUT2D eigenvalue weighted by Crippen LogP contribution is 2.14. The number of halogens is 1. The zero-order valence-corrected chi connectivity index (χ0v) is 12.4. The number of nitrogens with zero attached hydrogens (tertiary/aromatic N) is 1. The molecule has 0 radical (unpaired) electrons. The van der Waals surface area contributed by atoms with Crippen molar-refractivity contribution in [2.75, 3.05) is 34.3 Å². The van der Waals surface area contributed by atoms with Gasteiger partial charge < -0.3 is 9.22 Å². The molecule has 0 bridgehead atoms. The molecule has 0 saturated carbocycles. The molecule has 3 nitrogen and oxygen atoms in total. The van der Waals surface area contributed by atoms with E-state index in [1.165, 1.54) is 0 Å². The van der Waals surface area contributed by atoms with E-state index in [4.69, 9.17) is 4.74 Å². The molecule has 0 unspecified atom stereocenters. The second-order valence-corrected chi connectivity index (χ2v) is 5.40. The first kappa shape index (κ1) is 16.6. The summed E-state index contributed by atoms with van der Waals surface area (Å²) in [5.41, 5.74) is -0.384. The molecular weight excluding hydrogens is 293 g/mol. The van der Waals surface area contributed by atoms with Crippen LogP contribution in [0.3, 0.4) is 0 Å². The first-order valence-corrected chi connectivity index (χ1v) is 4.60. The van der Waals surface area contributed by atoms with Crippen molar-refractivity contribution in [2.45, 2.75) is 20.8 Å². The summed E-state index contributed by atoms with van der Waals surface area (Å²) in [4.78, 5) is 11.3. The fourth-order valence-corrected chi connectivity index (χ4v) is 0.629. The van der Waals surface area contributed by atoms with E-state index >= 15 is 0 Å². The zero-order chi connectivity index (χ0) is 10.7. The van der Waals surface area contributed by atoms with Gasteiger partial charge in [0.2, 0.25) is 0 Å². The van der Waals surface area contributed by atoms with Crippen LogP contribution in [-0.4, -0.2) is 44.7 Å². The first-order chi connectivity index (χ1) is 5.63. The number of hydrogen-bond acceptors (Lipinski definition) is 2. The summed E-state index contributed by atoms with van der Waals surface area (Å²) in [7, 11) is 6.22. The van der Waals surface area contributed by atoms with Crippen LogP contribution in [0.15, 0.2) is 0 Å². The van der Waals surface area contributed by atoms with Crippen molar-refractivity contribution in [1.29, 1.82) is 0 Å². The lowest BCUT2D eigenvalue weighted by molar-refractivity contribution is -0.870. The Morgan fingerprint density at radius 2 is 1.64 bits per heavy atom. The van der Waals surface area contributed by atoms with Gasteiger partial charge in [-0.3, -0.25) is 4.79 Å². The van der Waals surface area contributed by atoms with Gasteiger partial charge in [-0.05, 0) is 20.8 Å². The Kier molecular flexibility index (Phi) is 6.99. The van der Waals surface area contributed by atoms with Crippen molar-refractivity contribution >= 4 is 29.9 Å². The molecule has 0 aromatic carbocycles. The Balaban J connectivity index is 0. The van der Waals surface area contributed by atoms with Gasteiger partial charge in [0.1, 0.15) is 13.2 Å². The summed E-state index contributed by atoms with van der Waals surface area (Å²) in [6, 6.07) is 0. The summed E-state index contributed by atoms with van der Waals surface area (Å²) in [6.07, 6.45) is 0.